The van der Waals surface area contributed by atoms with Gasteiger partial charge in [-0.15, -0.1) is 16.8 Å². The van der Waals surface area contributed by atoms with E-state index in [1.807, 2.05) is 30.3 Å². The van der Waals surface area contributed by atoms with Crippen LogP contribution in [0.3, 0.4) is 0 Å². The molecule has 0 N–H and O–H groups in total. The van der Waals surface area contributed by atoms with Crippen molar-refractivity contribution in [3.63, 3.8) is 0 Å². The average Bonchev–Trinajstić information content (AvgIpc) is 3.29. The highest BCUT2D eigenvalue weighted by Gasteiger charge is 2.30. The zero-order valence-corrected chi connectivity index (χ0v) is 14.4. The van der Waals surface area contributed by atoms with Crippen LogP contribution in [0.15, 0.2) is 46.5 Å². The fraction of sp³-hybridized carbons (Fsp3) is 0.312. The molecule has 0 spiro atoms. The highest BCUT2D eigenvalue weighted by atomic mass is 79.9. The molecular formula is C16H16BrN3OS. The largest absolute Gasteiger partial charge is 0.302 e. The van der Waals surface area contributed by atoms with E-state index in [0.29, 0.717) is 23.8 Å². The number of carbonyl (C=O) groups excluding carboxylic acids is 1. The first-order chi connectivity index (χ1) is 10.7. The summed E-state index contributed by atoms with van der Waals surface area (Å²) >= 11 is 4.81. The molecule has 1 aromatic heterocycles. The number of hydrogen-bond donors (Lipinski definition) is 0. The van der Waals surface area contributed by atoms with Crippen LogP contribution in [0.2, 0.25) is 0 Å². The van der Waals surface area contributed by atoms with Gasteiger partial charge in [0.05, 0.1) is 5.75 Å². The van der Waals surface area contributed by atoms with Crippen molar-refractivity contribution in [2.45, 2.75) is 30.5 Å². The van der Waals surface area contributed by atoms with Crippen LogP contribution in [-0.2, 0) is 6.54 Å². The molecule has 0 aliphatic heterocycles. The SMILES string of the molecule is C=CCn1c(SCC(=O)c2ccc(Br)cc2)nnc1C1CC1. The molecule has 0 bridgehead atoms. The predicted molar refractivity (Wildman–Crippen MR) is 91.4 cm³/mol. The third-order valence-electron chi connectivity index (χ3n) is 3.50. The molecule has 1 heterocycles. The van der Waals surface area contributed by atoms with Crippen LogP contribution in [0.25, 0.3) is 0 Å². The highest BCUT2D eigenvalue weighted by molar-refractivity contribution is 9.10. The Bertz CT molecular complexity index is 692. The molecule has 0 amide bonds. The van der Waals surface area contributed by atoms with Crippen molar-refractivity contribution < 1.29 is 4.79 Å². The summed E-state index contributed by atoms with van der Waals surface area (Å²) in [6, 6.07) is 7.42. The van der Waals surface area contributed by atoms with Crippen molar-refractivity contribution in [1.82, 2.24) is 14.8 Å². The molecule has 0 saturated heterocycles. The number of aromatic nitrogens is 3. The Kier molecular flexibility index (Phi) is 4.78. The molecule has 0 unspecified atom stereocenters. The number of nitrogens with zero attached hydrogens (tertiary/aromatic N) is 3. The normalized spacial score (nSPS) is 14.0. The topological polar surface area (TPSA) is 47.8 Å². The van der Waals surface area contributed by atoms with Gasteiger partial charge < -0.3 is 4.57 Å². The monoisotopic (exact) mass is 377 g/mol. The quantitative estimate of drug-likeness (QED) is 0.414. The van der Waals surface area contributed by atoms with Crippen LogP contribution in [0.4, 0.5) is 0 Å². The summed E-state index contributed by atoms with van der Waals surface area (Å²) in [6.45, 7) is 4.48. The van der Waals surface area contributed by atoms with Gasteiger partial charge in [-0.1, -0.05) is 45.9 Å². The van der Waals surface area contributed by atoms with Gasteiger partial charge in [0.15, 0.2) is 10.9 Å². The number of thioether (sulfide) groups is 1. The van der Waals surface area contributed by atoms with E-state index in [1.165, 1.54) is 24.6 Å². The number of allylic oxidation sites excluding steroid dienone is 1. The number of Topliss-reactive ketones (excluding diaryl/α,β-unsaturated/α-hetero) is 1. The molecule has 1 fully saturated rings. The first-order valence-electron chi connectivity index (χ1n) is 7.14. The summed E-state index contributed by atoms with van der Waals surface area (Å²) in [4.78, 5) is 12.2. The molecule has 1 aromatic carbocycles. The summed E-state index contributed by atoms with van der Waals surface area (Å²) in [5.41, 5.74) is 0.716. The number of halogens is 1. The molecule has 0 atom stereocenters. The summed E-state index contributed by atoms with van der Waals surface area (Å²) in [6.07, 6.45) is 4.20. The first-order valence-corrected chi connectivity index (χ1v) is 8.92. The van der Waals surface area contributed by atoms with Gasteiger partial charge in [-0.25, -0.2) is 0 Å². The summed E-state index contributed by atoms with van der Waals surface area (Å²) in [5.74, 6) is 2.02. The van der Waals surface area contributed by atoms with Crippen molar-refractivity contribution in [3.05, 3.63) is 52.8 Å². The van der Waals surface area contributed by atoms with Crippen molar-refractivity contribution in [2.75, 3.05) is 5.75 Å². The van der Waals surface area contributed by atoms with Crippen LogP contribution in [-0.4, -0.2) is 26.3 Å². The molecule has 1 saturated carbocycles. The minimum atomic E-state index is 0.0959. The molecule has 114 valence electrons. The zero-order chi connectivity index (χ0) is 15.5. The third kappa shape index (κ3) is 3.50. The predicted octanol–water partition coefficient (Wildman–Crippen LogP) is 4.08. The van der Waals surface area contributed by atoms with Gasteiger partial charge in [0.25, 0.3) is 0 Å². The van der Waals surface area contributed by atoms with Crippen molar-refractivity contribution in [2.24, 2.45) is 0 Å². The summed E-state index contributed by atoms with van der Waals surface area (Å²) in [7, 11) is 0. The number of carbonyl (C=O) groups is 1. The van der Waals surface area contributed by atoms with E-state index in [1.54, 1.807) is 0 Å². The minimum Gasteiger partial charge on any atom is -0.302 e. The third-order valence-corrected chi connectivity index (χ3v) is 4.99. The molecule has 4 nitrogen and oxygen atoms in total. The van der Waals surface area contributed by atoms with Gasteiger partial charge in [-0.05, 0) is 25.0 Å². The number of ketones is 1. The average molecular weight is 378 g/mol. The summed E-state index contributed by atoms with van der Waals surface area (Å²) in [5, 5.41) is 9.33. The smallest absolute Gasteiger partial charge is 0.191 e. The molecule has 6 heteroatoms. The second-order valence-corrected chi connectivity index (χ2v) is 7.09. The van der Waals surface area contributed by atoms with E-state index >= 15 is 0 Å². The Balaban J connectivity index is 1.69. The van der Waals surface area contributed by atoms with Crippen molar-refractivity contribution in [3.8, 4) is 0 Å². The number of hydrogen-bond acceptors (Lipinski definition) is 4. The Labute approximate surface area is 142 Å². The molecule has 1 aliphatic rings. The maximum atomic E-state index is 12.2. The van der Waals surface area contributed by atoms with Crippen molar-refractivity contribution >= 4 is 33.5 Å². The second kappa shape index (κ2) is 6.79. The molecular weight excluding hydrogens is 362 g/mol. The molecule has 1 aliphatic carbocycles. The molecule has 0 radical (unpaired) electrons. The Morgan fingerprint density at radius 1 is 1.36 bits per heavy atom. The summed E-state index contributed by atoms with van der Waals surface area (Å²) < 4.78 is 3.04. The fourth-order valence-electron chi connectivity index (χ4n) is 2.20. The van der Waals surface area contributed by atoms with Gasteiger partial charge in [-0.2, -0.15) is 0 Å². The van der Waals surface area contributed by atoms with E-state index in [9.17, 15) is 4.79 Å². The zero-order valence-electron chi connectivity index (χ0n) is 12.0. The lowest BCUT2D eigenvalue weighted by Gasteiger charge is -2.06. The van der Waals surface area contributed by atoms with Crippen molar-refractivity contribution in [1.29, 1.82) is 0 Å². The van der Waals surface area contributed by atoms with Crippen LogP contribution in [0.5, 0.6) is 0 Å². The Hall–Kier alpha value is -1.40. The first kappa shape index (κ1) is 15.5. The lowest BCUT2D eigenvalue weighted by Crippen LogP contribution is -2.06. The van der Waals surface area contributed by atoms with E-state index in [-0.39, 0.29) is 5.78 Å². The lowest BCUT2D eigenvalue weighted by atomic mass is 10.2. The Morgan fingerprint density at radius 2 is 2.09 bits per heavy atom. The van der Waals surface area contributed by atoms with E-state index in [0.717, 1.165) is 15.5 Å². The number of benzene rings is 1. The Morgan fingerprint density at radius 3 is 2.73 bits per heavy atom. The van der Waals surface area contributed by atoms with Gasteiger partial charge >= 0.3 is 0 Å². The van der Waals surface area contributed by atoms with Crippen LogP contribution in [0.1, 0.15) is 34.9 Å². The standard InChI is InChI=1S/C16H16BrN3OS/c1-2-9-20-15(12-3-4-12)18-19-16(20)22-10-14(21)11-5-7-13(17)8-6-11/h2,5-8,12H,1,3-4,9-10H2. The van der Waals surface area contributed by atoms with Crippen LogP contribution in [0, 0.1) is 0 Å². The van der Waals surface area contributed by atoms with Gasteiger partial charge in [-0.3, -0.25) is 4.79 Å². The lowest BCUT2D eigenvalue weighted by molar-refractivity contribution is 0.102. The van der Waals surface area contributed by atoms with E-state index < -0.39 is 0 Å². The maximum absolute atomic E-state index is 12.2. The molecule has 22 heavy (non-hydrogen) atoms. The number of rotatable bonds is 7. The van der Waals surface area contributed by atoms with Gasteiger partial charge in [0.2, 0.25) is 0 Å². The van der Waals surface area contributed by atoms with E-state index in [2.05, 4.69) is 37.3 Å². The highest BCUT2D eigenvalue weighted by Crippen LogP contribution is 2.40. The van der Waals surface area contributed by atoms with Crippen LogP contribution < -0.4 is 0 Å². The maximum Gasteiger partial charge on any atom is 0.191 e. The molecule has 3 rings (SSSR count). The van der Waals surface area contributed by atoms with Crippen LogP contribution >= 0.6 is 27.7 Å². The fourth-order valence-corrected chi connectivity index (χ4v) is 3.31. The minimum absolute atomic E-state index is 0.0959. The van der Waals surface area contributed by atoms with Gasteiger partial charge in [0.1, 0.15) is 5.82 Å². The molecule has 2 aromatic rings. The van der Waals surface area contributed by atoms with Gasteiger partial charge in [0, 0.05) is 22.5 Å². The van der Waals surface area contributed by atoms with E-state index in [4.69, 9.17) is 0 Å². The second-order valence-electron chi connectivity index (χ2n) is 5.23.